The lowest BCUT2D eigenvalue weighted by Gasteiger charge is -2.28. The monoisotopic (exact) mass is 251 g/mol. The summed E-state index contributed by atoms with van der Waals surface area (Å²) in [4.78, 5) is 4.62. The summed E-state index contributed by atoms with van der Waals surface area (Å²) >= 11 is 0. The zero-order valence-electron chi connectivity index (χ0n) is 10.9. The standard InChI is InChI=1S/C13H21N3O2/c1-14-11-6-7-17-8-10(11)13-15-12(16-18-13)9-4-2-3-5-9/h9-11,14H,2-8H2,1H3. The molecule has 1 aliphatic carbocycles. The van der Waals surface area contributed by atoms with E-state index in [1.807, 2.05) is 7.05 Å². The van der Waals surface area contributed by atoms with E-state index < -0.39 is 0 Å². The van der Waals surface area contributed by atoms with Gasteiger partial charge in [0.2, 0.25) is 5.89 Å². The number of ether oxygens (including phenoxy) is 1. The van der Waals surface area contributed by atoms with E-state index in [1.165, 1.54) is 25.7 Å². The fraction of sp³-hybridized carbons (Fsp3) is 0.846. The Morgan fingerprint density at radius 2 is 2.06 bits per heavy atom. The maximum atomic E-state index is 5.54. The molecule has 1 aromatic heterocycles. The van der Waals surface area contributed by atoms with Gasteiger partial charge in [0.1, 0.15) is 0 Å². The van der Waals surface area contributed by atoms with Crippen molar-refractivity contribution < 1.29 is 9.26 Å². The Morgan fingerprint density at radius 1 is 1.22 bits per heavy atom. The van der Waals surface area contributed by atoms with Crippen LogP contribution in [0.1, 0.15) is 55.7 Å². The topological polar surface area (TPSA) is 60.2 Å². The average molecular weight is 251 g/mol. The van der Waals surface area contributed by atoms with Crippen LogP contribution in [0.5, 0.6) is 0 Å². The lowest BCUT2D eigenvalue weighted by molar-refractivity contribution is 0.0516. The molecule has 2 fully saturated rings. The fourth-order valence-electron chi connectivity index (χ4n) is 3.07. The van der Waals surface area contributed by atoms with E-state index in [0.717, 1.165) is 24.7 Å². The number of nitrogens with one attached hydrogen (secondary N) is 1. The predicted molar refractivity (Wildman–Crippen MR) is 66.5 cm³/mol. The van der Waals surface area contributed by atoms with Crippen molar-refractivity contribution in [3.05, 3.63) is 11.7 Å². The van der Waals surface area contributed by atoms with Crippen LogP contribution < -0.4 is 5.32 Å². The van der Waals surface area contributed by atoms with Crippen molar-refractivity contribution in [3.8, 4) is 0 Å². The molecule has 2 atom stereocenters. The molecule has 5 heteroatoms. The van der Waals surface area contributed by atoms with Crippen molar-refractivity contribution in [1.82, 2.24) is 15.5 Å². The van der Waals surface area contributed by atoms with Crippen LogP contribution in [0, 0.1) is 0 Å². The third-order valence-electron chi connectivity index (χ3n) is 4.22. The molecule has 1 aromatic rings. The van der Waals surface area contributed by atoms with Gasteiger partial charge in [0, 0.05) is 18.6 Å². The number of aromatic nitrogens is 2. The van der Waals surface area contributed by atoms with Gasteiger partial charge in [-0.2, -0.15) is 4.98 Å². The van der Waals surface area contributed by atoms with E-state index >= 15 is 0 Å². The van der Waals surface area contributed by atoms with Gasteiger partial charge >= 0.3 is 0 Å². The Kier molecular flexibility index (Phi) is 3.61. The summed E-state index contributed by atoms with van der Waals surface area (Å²) in [7, 11) is 1.98. The normalized spacial score (nSPS) is 29.8. The van der Waals surface area contributed by atoms with Crippen molar-refractivity contribution in [3.63, 3.8) is 0 Å². The molecule has 1 saturated heterocycles. The largest absolute Gasteiger partial charge is 0.381 e. The predicted octanol–water partition coefficient (Wildman–Crippen LogP) is 1.82. The first-order valence-electron chi connectivity index (χ1n) is 6.97. The highest BCUT2D eigenvalue weighted by atomic mass is 16.5. The Balaban J connectivity index is 1.74. The van der Waals surface area contributed by atoms with Gasteiger partial charge < -0.3 is 14.6 Å². The van der Waals surface area contributed by atoms with Crippen LogP contribution in [0.25, 0.3) is 0 Å². The minimum atomic E-state index is 0.200. The van der Waals surface area contributed by atoms with Crippen molar-refractivity contribution in [2.45, 2.75) is 50.0 Å². The summed E-state index contributed by atoms with van der Waals surface area (Å²) in [6.07, 6.45) is 5.99. The van der Waals surface area contributed by atoms with Crippen molar-refractivity contribution in [1.29, 1.82) is 0 Å². The van der Waals surface area contributed by atoms with Crippen molar-refractivity contribution in [2.24, 2.45) is 0 Å². The number of hydrogen-bond acceptors (Lipinski definition) is 5. The Hall–Kier alpha value is -0.940. The molecule has 5 nitrogen and oxygen atoms in total. The van der Waals surface area contributed by atoms with Crippen LogP contribution >= 0.6 is 0 Å². The first kappa shape index (κ1) is 12.1. The third-order valence-corrected chi connectivity index (χ3v) is 4.22. The van der Waals surface area contributed by atoms with Gasteiger partial charge in [-0.25, -0.2) is 0 Å². The molecule has 2 unspecified atom stereocenters. The Labute approximate surface area is 107 Å². The lowest BCUT2D eigenvalue weighted by Crippen LogP contribution is -2.39. The SMILES string of the molecule is CNC1CCOCC1c1nc(C2CCCC2)no1. The minimum Gasteiger partial charge on any atom is -0.381 e. The molecule has 0 aromatic carbocycles. The highest BCUT2D eigenvalue weighted by molar-refractivity contribution is 5.04. The van der Waals surface area contributed by atoms with E-state index in [9.17, 15) is 0 Å². The van der Waals surface area contributed by atoms with E-state index in [4.69, 9.17) is 9.26 Å². The van der Waals surface area contributed by atoms with Crippen LogP contribution in [-0.2, 0) is 4.74 Å². The van der Waals surface area contributed by atoms with Gasteiger partial charge in [0.15, 0.2) is 5.82 Å². The second-order valence-corrected chi connectivity index (χ2v) is 5.34. The van der Waals surface area contributed by atoms with E-state index in [-0.39, 0.29) is 5.92 Å². The zero-order valence-corrected chi connectivity index (χ0v) is 10.9. The molecule has 1 aliphatic heterocycles. The smallest absolute Gasteiger partial charge is 0.233 e. The number of rotatable bonds is 3. The maximum absolute atomic E-state index is 5.54. The van der Waals surface area contributed by atoms with Crippen molar-refractivity contribution >= 4 is 0 Å². The van der Waals surface area contributed by atoms with Gasteiger partial charge in [-0.05, 0) is 26.3 Å². The fourth-order valence-corrected chi connectivity index (χ4v) is 3.07. The first-order chi connectivity index (χ1) is 8.88. The van der Waals surface area contributed by atoms with Gasteiger partial charge in [0.05, 0.1) is 12.5 Å². The van der Waals surface area contributed by atoms with E-state index in [2.05, 4.69) is 15.5 Å². The van der Waals surface area contributed by atoms with Gasteiger partial charge in [-0.1, -0.05) is 18.0 Å². The van der Waals surface area contributed by atoms with Gasteiger partial charge in [-0.15, -0.1) is 0 Å². The molecule has 2 aliphatic rings. The van der Waals surface area contributed by atoms with E-state index in [1.54, 1.807) is 0 Å². The quantitative estimate of drug-likeness (QED) is 0.888. The zero-order chi connectivity index (χ0) is 12.4. The summed E-state index contributed by atoms with van der Waals surface area (Å²) in [5, 5.41) is 7.50. The molecule has 0 radical (unpaired) electrons. The number of nitrogens with zero attached hydrogens (tertiary/aromatic N) is 2. The van der Waals surface area contributed by atoms with Crippen LogP contribution in [0.3, 0.4) is 0 Å². The number of hydrogen-bond donors (Lipinski definition) is 1. The van der Waals surface area contributed by atoms with Crippen LogP contribution in [0.2, 0.25) is 0 Å². The molecule has 1 N–H and O–H groups in total. The van der Waals surface area contributed by atoms with Crippen LogP contribution in [-0.4, -0.2) is 36.4 Å². The summed E-state index contributed by atoms with van der Waals surface area (Å²) < 4.78 is 11.0. The highest BCUT2D eigenvalue weighted by Gasteiger charge is 2.32. The molecule has 0 spiro atoms. The molecule has 100 valence electrons. The highest BCUT2D eigenvalue weighted by Crippen LogP contribution is 2.33. The second-order valence-electron chi connectivity index (χ2n) is 5.34. The lowest BCUT2D eigenvalue weighted by atomic mass is 9.96. The maximum Gasteiger partial charge on any atom is 0.233 e. The van der Waals surface area contributed by atoms with Crippen LogP contribution in [0.4, 0.5) is 0 Å². The molecule has 0 amide bonds. The molecule has 3 rings (SSSR count). The molecular weight excluding hydrogens is 230 g/mol. The Bertz CT molecular complexity index is 387. The van der Waals surface area contributed by atoms with Crippen LogP contribution in [0.15, 0.2) is 4.52 Å². The summed E-state index contributed by atoms with van der Waals surface area (Å²) in [6, 6.07) is 0.385. The molecule has 0 bridgehead atoms. The minimum absolute atomic E-state index is 0.200. The van der Waals surface area contributed by atoms with E-state index in [0.29, 0.717) is 18.6 Å². The average Bonchev–Trinajstić information content (AvgIpc) is 3.09. The Morgan fingerprint density at radius 3 is 2.83 bits per heavy atom. The third kappa shape index (κ3) is 2.29. The number of likely N-dealkylation sites (N-methyl/N-ethyl adjacent to an activating group) is 1. The first-order valence-corrected chi connectivity index (χ1v) is 6.97. The summed E-state index contributed by atoms with van der Waals surface area (Å²) in [5.74, 6) is 2.37. The van der Waals surface area contributed by atoms with Gasteiger partial charge in [-0.3, -0.25) is 0 Å². The van der Waals surface area contributed by atoms with Gasteiger partial charge in [0.25, 0.3) is 0 Å². The summed E-state index contributed by atoms with van der Waals surface area (Å²) in [5.41, 5.74) is 0. The molecule has 18 heavy (non-hydrogen) atoms. The van der Waals surface area contributed by atoms with Crippen molar-refractivity contribution in [2.75, 3.05) is 20.3 Å². The summed E-state index contributed by atoms with van der Waals surface area (Å²) in [6.45, 7) is 1.49. The molecule has 2 heterocycles. The molecular formula is C13H21N3O2. The molecule has 1 saturated carbocycles. The second kappa shape index (κ2) is 5.36.